The van der Waals surface area contributed by atoms with Gasteiger partial charge in [-0.15, -0.1) is 0 Å². The molecule has 0 saturated carbocycles. The van der Waals surface area contributed by atoms with Crippen LogP contribution in [0.2, 0.25) is 0 Å². The van der Waals surface area contributed by atoms with Crippen molar-refractivity contribution < 1.29 is 23.9 Å². The van der Waals surface area contributed by atoms with Crippen LogP contribution in [0.3, 0.4) is 0 Å². The Hall–Kier alpha value is -2.87. The molecule has 1 unspecified atom stereocenters. The summed E-state index contributed by atoms with van der Waals surface area (Å²) in [5.74, 6) is -0.402. The van der Waals surface area contributed by atoms with Crippen LogP contribution in [0.25, 0.3) is 0 Å². The molecule has 1 aromatic carbocycles. The lowest BCUT2D eigenvalue weighted by molar-refractivity contribution is -0.159. The van der Waals surface area contributed by atoms with Crippen LogP contribution in [0.5, 0.6) is 0 Å². The van der Waals surface area contributed by atoms with Gasteiger partial charge in [0.2, 0.25) is 0 Å². The van der Waals surface area contributed by atoms with E-state index in [2.05, 4.69) is 34.5 Å². The van der Waals surface area contributed by atoms with Gasteiger partial charge >= 0.3 is 5.97 Å². The predicted molar refractivity (Wildman–Crippen MR) is 124 cm³/mol. The fraction of sp³-hybridized carbons (Fsp3) is 0.560. The zero-order chi connectivity index (χ0) is 23.6. The molecule has 8 nitrogen and oxygen atoms in total. The number of methoxy groups -OCH3 is 1. The van der Waals surface area contributed by atoms with Crippen molar-refractivity contribution in [1.29, 1.82) is 0 Å². The van der Waals surface area contributed by atoms with Gasteiger partial charge in [0, 0.05) is 11.8 Å². The van der Waals surface area contributed by atoms with Gasteiger partial charge in [0.05, 0.1) is 7.11 Å². The van der Waals surface area contributed by atoms with Crippen LogP contribution in [0.1, 0.15) is 74.6 Å². The minimum absolute atomic E-state index is 0.00243. The minimum atomic E-state index is -1.57. The zero-order valence-electron chi connectivity index (χ0n) is 19.9. The molecule has 0 bridgehead atoms. The number of aliphatic imine (C=N–C) groups is 1. The fourth-order valence-electron chi connectivity index (χ4n) is 4.43. The molecule has 33 heavy (non-hydrogen) atoms. The van der Waals surface area contributed by atoms with Gasteiger partial charge in [-0.2, -0.15) is 0 Å². The maximum atomic E-state index is 12.8. The van der Waals surface area contributed by atoms with Crippen molar-refractivity contribution in [2.24, 2.45) is 4.99 Å². The van der Waals surface area contributed by atoms with E-state index in [1.54, 1.807) is 13.8 Å². The van der Waals surface area contributed by atoms with Crippen molar-refractivity contribution in [3.8, 4) is 0 Å². The van der Waals surface area contributed by atoms with E-state index in [0.29, 0.717) is 0 Å². The molecular weight excluding hydrogens is 422 g/mol. The summed E-state index contributed by atoms with van der Waals surface area (Å²) in [4.78, 5) is 17.3. The number of rotatable bonds is 7. The molecule has 1 atom stereocenters. The lowest BCUT2D eigenvalue weighted by Crippen LogP contribution is -2.41. The molecule has 0 fully saturated rings. The van der Waals surface area contributed by atoms with Gasteiger partial charge in [-0.25, -0.2) is 9.79 Å². The first kappa shape index (κ1) is 23.3. The van der Waals surface area contributed by atoms with E-state index in [0.717, 1.165) is 44.2 Å². The van der Waals surface area contributed by atoms with Gasteiger partial charge in [0.1, 0.15) is 17.8 Å². The number of fused-ring (bicyclic) bond motifs is 1. The molecule has 2 aromatic rings. The van der Waals surface area contributed by atoms with E-state index >= 15 is 0 Å². The van der Waals surface area contributed by atoms with Crippen LogP contribution < -0.4 is 5.32 Å². The number of nitrogens with zero attached hydrogens (tertiary/aromatic N) is 2. The second-order valence-corrected chi connectivity index (χ2v) is 9.39. The van der Waals surface area contributed by atoms with E-state index in [1.807, 2.05) is 0 Å². The third-order valence-electron chi connectivity index (χ3n) is 6.34. The number of nitrogens with one attached hydrogen (secondary N) is 1. The number of benzene rings is 1. The van der Waals surface area contributed by atoms with Crippen molar-refractivity contribution in [2.45, 2.75) is 76.9 Å². The maximum Gasteiger partial charge on any atom is 0.358 e. The first-order valence-electron chi connectivity index (χ1n) is 11.7. The molecular formula is C25H33N3O5. The molecule has 8 heteroatoms. The second kappa shape index (κ2) is 9.17. The fourth-order valence-corrected chi connectivity index (χ4v) is 4.43. The van der Waals surface area contributed by atoms with Crippen molar-refractivity contribution in [3.63, 3.8) is 0 Å². The molecule has 4 rings (SSSR count). The molecule has 2 heterocycles. The summed E-state index contributed by atoms with van der Waals surface area (Å²) < 4.78 is 16.4. The lowest BCUT2D eigenvalue weighted by atomic mass is 9.88. The summed E-state index contributed by atoms with van der Waals surface area (Å²) >= 11 is 0. The van der Waals surface area contributed by atoms with Crippen LogP contribution in [-0.2, 0) is 44.7 Å². The van der Waals surface area contributed by atoms with Gasteiger partial charge in [-0.1, -0.05) is 24.6 Å². The molecule has 1 aliphatic heterocycles. The smallest absolute Gasteiger partial charge is 0.358 e. The minimum Gasteiger partial charge on any atom is -0.466 e. The first-order chi connectivity index (χ1) is 15.8. The Morgan fingerprint density at radius 2 is 2.06 bits per heavy atom. The quantitative estimate of drug-likeness (QED) is 0.608. The maximum absolute atomic E-state index is 12.8. The van der Waals surface area contributed by atoms with Crippen molar-refractivity contribution >= 4 is 17.7 Å². The van der Waals surface area contributed by atoms with E-state index in [9.17, 15) is 9.90 Å². The van der Waals surface area contributed by atoms with Crippen molar-refractivity contribution in [2.75, 3.05) is 19.0 Å². The third kappa shape index (κ3) is 4.62. The number of esters is 1. The number of aryl methyl sites for hydroxylation is 2. The molecule has 0 saturated heterocycles. The zero-order valence-corrected chi connectivity index (χ0v) is 19.9. The molecule has 0 spiro atoms. The van der Waals surface area contributed by atoms with Crippen LogP contribution >= 0.6 is 0 Å². The van der Waals surface area contributed by atoms with Gasteiger partial charge in [-0.05, 0) is 75.1 Å². The van der Waals surface area contributed by atoms with E-state index in [1.165, 1.54) is 36.3 Å². The summed E-state index contributed by atoms with van der Waals surface area (Å²) in [5, 5.41) is 17.6. The highest BCUT2D eigenvalue weighted by Crippen LogP contribution is 2.36. The van der Waals surface area contributed by atoms with E-state index in [-0.39, 0.29) is 24.0 Å². The monoisotopic (exact) mass is 455 g/mol. The number of unbranched alkanes of at least 4 members (excludes halogenated alkanes) is 1. The first-order valence-corrected chi connectivity index (χ1v) is 11.7. The highest BCUT2D eigenvalue weighted by Gasteiger charge is 2.52. The Kier molecular flexibility index (Phi) is 6.47. The number of hydrogen-bond acceptors (Lipinski definition) is 8. The number of hydrogen-bond donors (Lipinski definition) is 2. The normalized spacial score (nSPS) is 20.1. The molecule has 2 aliphatic rings. The number of amidine groups is 1. The number of ether oxygens (including phenoxy) is 2. The van der Waals surface area contributed by atoms with Crippen LogP contribution in [0, 0.1) is 0 Å². The molecule has 1 aliphatic carbocycles. The number of carbonyl (C=O) groups is 1. The summed E-state index contributed by atoms with van der Waals surface area (Å²) in [6.07, 6.45) is 7.72. The summed E-state index contributed by atoms with van der Waals surface area (Å²) in [6.45, 7) is 5.35. The van der Waals surface area contributed by atoms with Crippen molar-refractivity contribution in [3.05, 3.63) is 46.3 Å². The topological polar surface area (TPSA) is 106 Å². The third-order valence-corrected chi connectivity index (χ3v) is 6.34. The Balaban J connectivity index is 1.62. The highest BCUT2D eigenvalue weighted by atomic mass is 16.6. The molecule has 178 valence electrons. The van der Waals surface area contributed by atoms with Crippen LogP contribution in [-0.4, -0.2) is 35.9 Å². The summed E-state index contributed by atoms with van der Waals surface area (Å²) in [7, 11) is 1.30. The van der Waals surface area contributed by atoms with E-state index in [4.69, 9.17) is 14.0 Å². The van der Waals surface area contributed by atoms with Gasteiger partial charge in [-0.3, -0.25) is 0 Å². The molecule has 0 amide bonds. The van der Waals surface area contributed by atoms with Crippen molar-refractivity contribution in [1.82, 2.24) is 5.16 Å². The van der Waals surface area contributed by atoms with Gasteiger partial charge in [0.25, 0.3) is 11.6 Å². The second-order valence-electron chi connectivity index (χ2n) is 9.39. The Morgan fingerprint density at radius 3 is 2.76 bits per heavy atom. The standard InChI is InChI=1S/C25H33N3O5/c1-5-6-9-16-12-17-10-7-8-11-18(17)19(13-16)27-23-26-15-25(32-23,22(29)31-4)20-14-21(33-28-20)24(2,3)30/h12-14,30H,5-11,15H2,1-4H3,(H,26,27). The summed E-state index contributed by atoms with van der Waals surface area (Å²) in [6, 6.07) is 6.27. The van der Waals surface area contributed by atoms with Gasteiger partial charge < -0.3 is 24.4 Å². The largest absolute Gasteiger partial charge is 0.466 e. The Bertz CT molecular complexity index is 1050. The van der Waals surface area contributed by atoms with Gasteiger partial charge in [0.15, 0.2) is 5.76 Å². The number of carbonyl (C=O) groups excluding carboxylic acids is 1. The predicted octanol–water partition coefficient (Wildman–Crippen LogP) is 3.99. The van der Waals surface area contributed by atoms with Crippen LogP contribution in [0.4, 0.5) is 5.69 Å². The highest BCUT2D eigenvalue weighted by molar-refractivity contribution is 5.96. The number of aromatic nitrogens is 1. The Labute approximate surface area is 194 Å². The molecule has 2 N–H and O–H groups in total. The summed E-state index contributed by atoms with van der Waals surface area (Å²) in [5.41, 5.74) is 2.34. The lowest BCUT2D eigenvalue weighted by Gasteiger charge is -2.25. The average Bonchev–Trinajstić information content (AvgIpc) is 3.45. The molecule has 1 aromatic heterocycles. The molecule has 0 radical (unpaired) electrons. The Morgan fingerprint density at radius 1 is 1.27 bits per heavy atom. The SMILES string of the molecule is CCCCc1cc2c(c(NC3=NCC(C(=O)OC)(c4cc(C(C)(C)O)on4)O3)c1)CCCC2. The number of aliphatic hydroxyl groups is 1. The van der Waals surface area contributed by atoms with E-state index < -0.39 is 17.2 Å². The van der Waals surface area contributed by atoms with Crippen LogP contribution in [0.15, 0.2) is 27.7 Å². The average molecular weight is 456 g/mol. The number of anilines is 1.